The fourth-order valence-corrected chi connectivity index (χ4v) is 3.52. The maximum atomic E-state index is 12.5. The third-order valence-corrected chi connectivity index (χ3v) is 5.20. The summed E-state index contributed by atoms with van der Waals surface area (Å²) in [7, 11) is 1.95. The summed E-state index contributed by atoms with van der Waals surface area (Å²) >= 11 is 0. The van der Waals surface area contributed by atoms with Crippen molar-refractivity contribution in [3.8, 4) is 0 Å². The molecule has 2 amide bonds. The number of para-hydroxylation sites is 1. The van der Waals surface area contributed by atoms with Crippen molar-refractivity contribution >= 4 is 35.1 Å². The summed E-state index contributed by atoms with van der Waals surface area (Å²) in [6, 6.07) is 7.03. The molecule has 7 nitrogen and oxygen atoms in total. The molecule has 0 saturated carbocycles. The zero-order chi connectivity index (χ0) is 19.2. The second-order valence-corrected chi connectivity index (χ2v) is 6.98. The van der Waals surface area contributed by atoms with Gasteiger partial charge in [0.05, 0.1) is 6.54 Å². The van der Waals surface area contributed by atoms with E-state index in [-0.39, 0.29) is 35.9 Å². The largest absolute Gasteiger partial charge is 0.360 e. The molecule has 0 unspecified atom stereocenters. The van der Waals surface area contributed by atoms with E-state index in [4.69, 9.17) is 0 Å². The average molecular weight is 407 g/mol. The minimum atomic E-state index is -0.528. The van der Waals surface area contributed by atoms with Crippen LogP contribution in [0.2, 0.25) is 0 Å². The van der Waals surface area contributed by atoms with E-state index >= 15 is 0 Å². The first-order valence-corrected chi connectivity index (χ1v) is 9.41. The molecule has 0 bridgehead atoms. The van der Waals surface area contributed by atoms with Gasteiger partial charge in [0.15, 0.2) is 0 Å². The van der Waals surface area contributed by atoms with Crippen LogP contribution in [-0.2, 0) is 4.79 Å². The summed E-state index contributed by atoms with van der Waals surface area (Å²) in [5.74, 6) is 0.0131. The Bertz CT molecular complexity index is 875. The Morgan fingerprint density at radius 1 is 1.21 bits per heavy atom. The van der Waals surface area contributed by atoms with Crippen molar-refractivity contribution < 1.29 is 9.59 Å². The van der Waals surface area contributed by atoms with E-state index in [1.54, 1.807) is 23.1 Å². The highest BCUT2D eigenvalue weighted by molar-refractivity contribution is 5.98. The number of pyridine rings is 1. The number of hydrogen-bond donors (Lipinski definition) is 3. The van der Waals surface area contributed by atoms with Gasteiger partial charge in [-0.3, -0.25) is 14.4 Å². The van der Waals surface area contributed by atoms with Crippen LogP contribution in [-0.4, -0.2) is 54.9 Å². The summed E-state index contributed by atoms with van der Waals surface area (Å²) < 4.78 is 0. The van der Waals surface area contributed by atoms with Crippen molar-refractivity contribution in [3.63, 3.8) is 0 Å². The number of aromatic nitrogens is 1. The van der Waals surface area contributed by atoms with Gasteiger partial charge < -0.3 is 20.5 Å². The van der Waals surface area contributed by atoms with Crippen molar-refractivity contribution in [2.24, 2.45) is 5.92 Å². The molecule has 1 aliphatic heterocycles. The normalized spacial score (nSPS) is 14.5. The lowest BCUT2D eigenvalue weighted by molar-refractivity contribution is -0.131. The summed E-state index contributed by atoms with van der Waals surface area (Å²) in [5.41, 5.74) is 0.364. The molecule has 1 aliphatic rings. The number of H-pyrrole nitrogens is 1. The molecule has 0 atom stereocenters. The maximum absolute atomic E-state index is 12.5. The van der Waals surface area contributed by atoms with E-state index in [2.05, 4.69) is 15.6 Å². The van der Waals surface area contributed by atoms with Crippen LogP contribution in [0.3, 0.4) is 0 Å². The zero-order valence-corrected chi connectivity index (χ0v) is 16.8. The van der Waals surface area contributed by atoms with Crippen molar-refractivity contribution in [3.05, 3.63) is 46.2 Å². The fourth-order valence-electron chi connectivity index (χ4n) is 3.52. The topological polar surface area (TPSA) is 94.3 Å². The number of nitrogens with one attached hydrogen (secondary N) is 3. The Morgan fingerprint density at radius 3 is 2.64 bits per heavy atom. The highest BCUT2D eigenvalue weighted by atomic mass is 35.5. The minimum absolute atomic E-state index is 0. The van der Waals surface area contributed by atoms with Gasteiger partial charge in [-0.25, -0.2) is 0 Å². The highest BCUT2D eigenvalue weighted by Crippen LogP contribution is 2.19. The quantitative estimate of drug-likeness (QED) is 0.678. The first-order valence-electron chi connectivity index (χ1n) is 9.41. The summed E-state index contributed by atoms with van der Waals surface area (Å²) in [5, 5.41) is 6.20. The van der Waals surface area contributed by atoms with Gasteiger partial charge in [0.25, 0.3) is 5.91 Å². The Labute approximate surface area is 170 Å². The monoisotopic (exact) mass is 406 g/mol. The molecular weight excluding hydrogens is 380 g/mol. The molecule has 1 aromatic heterocycles. The van der Waals surface area contributed by atoms with Crippen LogP contribution in [0.1, 0.15) is 29.6 Å². The molecule has 0 spiro atoms. The van der Waals surface area contributed by atoms with Gasteiger partial charge in [0.2, 0.25) is 11.3 Å². The number of nitrogens with zero attached hydrogens (tertiary/aromatic N) is 1. The van der Waals surface area contributed by atoms with E-state index < -0.39 is 5.91 Å². The lowest BCUT2D eigenvalue weighted by atomic mass is 9.93. The van der Waals surface area contributed by atoms with Crippen molar-refractivity contribution in [2.75, 3.05) is 33.2 Å². The molecule has 1 aromatic carbocycles. The number of fused-ring (bicyclic) bond motifs is 1. The number of carbonyl (C=O) groups is 2. The van der Waals surface area contributed by atoms with E-state index in [1.807, 2.05) is 13.1 Å². The van der Waals surface area contributed by atoms with E-state index in [1.165, 1.54) is 6.20 Å². The van der Waals surface area contributed by atoms with E-state index in [9.17, 15) is 14.4 Å². The molecule has 1 saturated heterocycles. The van der Waals surface area contributed by atoms with Gasteiger partial charge in [0.1, 0.15) is 5.56 Å². The lowest BCUT2D eigenvalue weighted by Gasteiger charge is -2.32. The fraction of sp³-hybridized carbons (Fsp3) is 0.450. The number of carbonyl (C=O) groups excluding carboxylic acids is 2. The number of likely N-dealkylation sites (tertiary alicyclic amines) is 1. The number of aromatic amines is 1. The molecule has 28 heavy (non-hydrogen) atoms. The Hall–Kier alpha value is -2.38. The SMILES string of the molecule is CNCCC1CCN(C(=O)CNC(=O)c2c[nH]c3ccccc3c2=O)CC1.Cl. The lowest BCUT2D eigenvalue weighted by Crippen LogP contribution is -2.44. The highest BCUT2D eigenvalue weighted by Gasteiger charge is 2.23. The van der Waals surface area contributed by atoms with Crippen LogP contribution in [0, 0.1) is 5.92 Å². The number of rotatable bonds is 6. The molecule has 3 rings (SSSR count). The van der Waals surface area contributed by atoms with Gasteiger partial charge in [0, 0.05) is 30.2 Å². The van der Waals surface area contributed by atoms with Crippen LogP contribution < -0.4 is 16.1 Å². The molecule has 3 N–H and O–H groups in total. The van der Waals surface area contributed by atoms with Crippen LogP contribution in [0.25, 0.3) is 10.9 Å². The molecule has 1 fully saturated rings. The zero-order valence-electron chi connectivity index (χ0n) is 16.0. The molecular formula is C20H27ClN4O3. The number of benzene rings is 1. The third-order valence-electron chi connectivity index (χ3n) is 5.20. The Morgan fingerprint density at radius 2 is 1.93 bits per heavy atom. The van der Waals surface area contributed by atoms with E-state index in [0.29, 0.717) is 16.8 Å². The van der Waals surface area contributed by atoms with Gasteiger partial charge >= 0.3 is 0 Å². The minimum Gasteiger partial charge on any atom is -0.360 e. The van der Waals surface area contributed by atoms with Crippen molar-refractivity contribution in [1.29, 1.82) is 0 Å². The standard InChI is InChI=1S/C20H26N4O3.ClH/c1-21-9-6-14-7-10-24(11-8-14)18(25)13-23-20(27)16-12-22-17-5-3-2-4-15(17)19(16)26;/h2-5,12,14,21H,6-11,13H2,1H3,(H,22,26)(H,23,27);1H. The summed E-state index contributed by atoms with van der Waals surface area (Å²) in [6.45, 7) is 2.35. The molecule has 2 aromatic rings. The van der Waals surface area contributed by atoms with Crippen LogP contribution in [0.15, 0.2) is 35.3 Å². The second-order valence-electron chi connectivity index (χ2n) is 6.98. The van der Waals surface area contributed by atoms with E-state index in [0.717, 1.165) is 38.9 Å². The number of piperidine rings is 1. The molecule has 152 valence electrons. The van der Waals surface area contributed by atoms with Gasteiger partial charge in [-0.05, 0) is 50.9 Å². The Balaban J connectivity index is 0.00000280. The average Bonchev–Trinajstić information content (AvgIpc) is 2.71. The van der Waals surface area contributed by atoms with Gasteiger partial charge in [-0.1, -0.05) is 12.1 Å². The first-order chi connectivity index (χ1) is 13.1. The Kier molecular flexibility index (Phi) is 8.02. The maximum Gasteiger partial charge on any atom is 0.257 e. The summed E-state index contributed by atoms with van der Waals surface area (Å²) in [6.07, 6.45) is 4.51. The predicted molar refractivity (Wildman–Crippen MR) is 112 cm³/mol. The second kappa shape index (κ2) is 10.2. The number of halogens is 1. The van der Waals surface area contributed by atoms with Crippen LogP contribution >= 0.6 is 12.4 Å². The molecule has 2 heterocycles. The van der Waals surface area contributed by atoms with Crippen molar-refractivity contribution in [2.45, 2.75) is 19.3 Å². The van der Waals surface area contributed by atoms with Crippen LogP contribution in [0.5, 0.6) is 0 Å². The summed E-state index contributed by atoms with van der Waals surface area (Å²) in [4.78, 5) is 41.9. The molecule has 0 aliphatic carbocycles. The first kappa shape index (κ1) is 21.9. The molecule has 0 radical (unpaired) electrons. The van der Waals surface area contributed by atoms with Gasteiger partial charge in [-0.2, -0.15) is 0 Å². The van der Waals surface area contributed by atoms with Crippen LogP contribution in [0.4, 0.5) is 0 Å². The van der Waals surface area contributed by atoms with Crippen molar-refractivity contribution in [1.82, 2.24) is 20.5 Å². The number of amides is 2. The molecule has 8 heteroatoms. The third kappa shape index (κ3) is 5.11. The van der Waals surface area contributed by atoms with Gasteiger partial charge in [-0.15, -0.1) is 12.4 Å². The predicted octanol–water partition coefficient (Wildman–Crippen LogP) is 1.53. The number of hydrogen-bond acceptors (Lipinski definition) is 4. The smallest absolute Gasteiger partial charge is 0.257 e.